The van der Waals surface area contributed by atoms with Gasteiger partial charge in [-0.3, -0.25) is 9.59 Å². The molecule has 36 heavy (non-hydrogen) atoms. The molecule has 2 aliphatic carbocycles. The van der Waals surface area contributed by atoms with Gasteiger partial charge in [0.1, 0.15) is 11.4 Å². The van der Waals surface area contributed by atoms with Crippen molar-refractivity contribution in [2.24, 2.45) is 22.2 Å². The number of nitrogens with zero attached hydrogens (tertiary/aromatic N) is 2. The number of carbonyl (C=O) groups excluding carboxylic acids is 2. The highest BCUT2D eigenvalue weighted by Crippen LogP contribution is 2.67. The summed E-state index contributed by atoms with van der Waals surface area (Å²) in [5.41, 5.74) is 4.08. The number of hydrogen-bond acceptors (Lipinski definition) is 7. The highest BCUT2D eigenvalue weighted by molar-refractivity contribution is 8.14. The quantitative estimate of drug-likeness (QED) is 0.416. The van der Waals surface area contributed by atoms with Crippen LogP contribution >= 0.6 is 11.8 Å². The van der Waals surface area contributed by atoms with Gasteiger partial charge in [0.25, 0.3) is 0 Å². The van der Waals surface area contributed by atoms with E-state index in [1.54, 1.807) is 25.8 Å². The van der Waals surface area contributed by atoms with Crippen LogP contribution in [0.25, 0.3) is 0 Å². The second-order valence-corrected chi connectivity index (χ2v) is 11.2. The topological polar surface area (TPSA) is 80.2 Å². The molecular formula is C28H35N3O4S. The van der Waals surface area contributed by atoms with Crippen molar-refractivity contribution in [2.75, 3.05) is 26.5 Å². The van der Waals surface area contributed by atoms with Gasteiger partial charge in [0.15, 0.2) is 0 Å². The Morgan fingerprint density at radius 3 is 2.58 bits per heavy atom. The molecule has 1 spiro atoms. The molecule has 3 atom stereocenters. The maximum absolute atomic E-state index is 12.5. The molecule has 1 N–H and O–H groups in total. The predicted molar refractivity (Wildman–Crippen MR) is 142 cm³/mol. The van der Waals surface area contributed by atoms with Crippen molar-refractivity contribution in [3.8, 4) is 5.75 Å². The average Bonchev–Trinajstić information content (AvgIpc) is 3.77. The zero-order chi connectivity index (χ0) is 25.7. The lowest BCUT2D eigenvalue weighted by Gasteiger charge is -2.33. The van der Waals surface area contributed by atoms with Crippen LogP contribution in [-0.4, -0.2) is 54.0 Å². The number of benzene rings is 1. The maximum atomic E-state index is 12.5. The number of nitrogens with one attached hydrogen (secondary N) is 1. The lowest BCUT2D eigenvalue weighted by Crippen LogP contribution is -2.43. The van der Waals surface area contributed by atoms with Crippen LogP contribution in [0.3, 0.4) is 0 Å². The van der Waals surface area contributed by atoms with Gasteiger partial charge in [-0.1, -0.05) is 30.7 Å². The first-order chi connectivity index (χ1) is 17.3. The molecule has 1 aromatic rings. The Labute approximate surface area is 217 Å². The number of esters is 1. The minimum absolute atomic E-state index is 0.0209. The van der Waals surface area contributed by atoms with E-state index < -0.39 is 5.66 Å². The number of methoxy groups -OCH3 is 1. The van der Waals surface area contributed by atoms with Gasteiger partial charge in [-0.25, -0.2) is 4.99 Å². The number of allylic oxidation sites excluding steroid dienone is 1. The summed E-state index contributed by atoms with van der Waals surface area (Å²) in [4.78, 5) is 31.9. The Bertz CT molecular complexity index is 1170. The summed E-state index contributed by atoms with van der Waals surface area (Å²) < 4.78 is 10.5. The van der Waals surface area contributed by atoms with E-state index in [1.807, 2.05) is 31.0 Å². The van der Waals surface area contributed by atoms with Crippen LogP contribution in [0.1, 0.15) is 45.6 Å². The van der Waals surface area contributed by atoms with Crippen molar-refractivity contribution in [3.63, 3.8) is 0 Å². The van der Waals surface area contributed by atoms with Crippen LogP contribution in [-0.2, 0) is 20.9 Å². The molecule has 2 fully saturated rings. The molecule has 1 amide bonds. The number of fused-ring (bicyclic) bond motifs is 3. The van der Waals surface area contributed by atoms with Crippen molar-refractivity contribution in [1.82, 2.24) is 10.2 Å². The highest BCUT2D eigenvalue weighted by Gasteiger charge is 2.71. The lowest BCUT2D eigenvalue weighted by atomic mass is 9.88. The average molecular weight is 510 g/mol. The molecule has 0 aromatic heterocycles. The summed E-state index contributed by atoms with van der Waals surface area (Å²) in [5.74, 6) is 1.73. The number of dihydropyridines is 1. The third-order valence-corrected chi connectivity index (χ3v) is 9.17. The van der Waals surface area contributed by atoms with Gasteiger partial charge in [-0.05, 0) is 37.5 Å². The van der Waals surface area contributed by atoms with E-state index in [9.17, 15) is 9.59 Å². The summed E-state index contributed by atoms with van der Waals surface area (Å²) in [6.07, 6.45) is 4.71. The smallest absolute Gasteiger partial charge is 0.309 e. The first-order valence-corrected chi connectivity index (χ1v) is 13.7. The number of amides is 1. The number of hydrogen-bond donors (Lipinski definition) is 1. The molecule has 2 aliphatic heterocycles. The number of ether oxygens (including phenoxy) is 2. The van der Waals surface area contributed by atoms with E-state index in [0.717, 1.165) is 34.8 Å². The number of aliphatic imine (C=N–C) groups is 1. The fraction of sp³-hybridized carbons (Fsp3) is 0.536. The van der Waals surface area contributed by atoms with Crippen molar-refractivity contribution in [2.45, 2.75) is 52.2 Å². The van der Waals surface area contributed by atoms with Gasteiger partial charge in [-0.15, -0.1) is 11.8 Å². The standard InChI is InChI=1S/C28H35N3O4S/c1-6-35-22(33)13-20-14-27(11-12-27)24-25(29-15-19-7-9-21(34-5)10-8-19)23-17(2)28(23,31(4)18(3)32)30-26(24)36-16-20/h7-10,14,17,23,29H,6,11-13,15-16H2,1-5H3. The number of rotatable bonds is 8. The fourth-order valence-corrected chi connectivity index (χ4v) is 7.08. The fourth-order valence-electron chi connectivity index (χ4n) is 5.91. The van der Waals surface area contributed by atoms with Gasteiger partial charge in [-0.2, -0.15) is 0 Å². The summed E-state index contributed by atoms with van der Waals surface area (Å²) in [5, 5.41) is 4.81. The molecule has 0 radical (unpaired) electrons. The lowest BCUT2D eigenvalue weighted by molar-refractivity contribution is -0.142. The molecular weight excluding hydrogens is 474 g/mol. The second-order valence-electron chi connectivity index (χ2n) is 10.3. The van der Waals surface area contributed by atoms with Crippen molar-refractivity contribution >= 4 is 28.7 Å². The van der Waals surface area contributed by atoms with Crippen LogP contribution in [0.5, 0.6) is 5.75 Å². The molecule has 3 unspecified atom stereocenters. The van der Waals surface area contributed by atoms with Gasteiger partial charge in [0.05, 0.1) is 25.2 Å². The third kappa shape index (κ3) is 4.13. The Kier molecular flexibility index (Phi) is 6.43. The SMILES string of the molecule is CCOC(=O)CC1=CC2(CC2)C2=C(NCc3ccc(OC)cc3)C3C(C)C3(N(C)C(C)=O)N=C2SC1. The molecule has 0 bridgehead atoms. The predicted octanol–water partition coefficient (Wildman–Crippen LogP) is 4.30. The maximum Gasteiger partial charge on any atom is 0.309 e. The zero-order valence-corrected chi connectivity index (χ0v) is 22.5. The molecule has 0 saturated heterocycles. The van der Waals surface area contributed by atoms with E-state index in [4.69, 9.17) is 14.5 Å². The van der Waals surface area contributed by atoms with Gasteiger partial charge < -0.3 is 19.7 Å². The Morgan fingerprint density at radius 1 is 1.25 bits per heavy atom. The van der Waals surface area contributed by atoms with Crippen molar-refractivity contribution < 1.29 is 19.1 Å². The van der Waals surface area contributed by atoms with Gasteiger partial charge >= 0.3 is 5.97 Å². The molecule has 4 aliphatic rings. The monoisotopic (exact) mass is 509 g/mol. The van der Waals surface area contributed by atoms with Crippen LogP contribution < -0.4 is 10.1 Å². The third-order valence-electron chi connectivity index (χ3n) is 8.08. The Hall–Kier alpha value is -2.74. The first-order valence-electron chi connectivity index (χ1n) is 12.7. The minimum Gasteiger partial charge on any atom is -0.497 e. The van der Waals surface area contributed by atoms with Crippen LogP contribution in [0.4, 0.5) is 0 Å². The number of carbonyl (C=O) groups is 2. The molecule has 7 nitrogen and oxygen atoms in total. The highest BCUT2D eigenvalue weighted by atomic mass is 32.2. The molecule has 2 saturated carbocycles. The molecule has 2 heterocycles. The summed E-state index contributed by atoms with van der Waals surface area (Å²) >= 11 is 1.69. The zero-order valence-electron chi connectivity index (χ0n) is 21.7. The largest absolute Gasteiger partial charge is 0.497 e. The van der Waals surface area contributed by atoms with Crippen molar-refractivity contribution in [3.05, 3.63) is 52.7 Å². The van der Waals surface area contributed by atoms with Crippen LogP contribution in [0.15, 0.2) is 52.2 Å². The van der Waals surface area contributed by atoms with Crippen LogP contribution in [0.2, 0.25) is 0 Å². The van der Waals surface area contributed by atoms with Crippen molar-refractivity contribution in [1.29, 1.82) is 0 Å². The van der Waals surface area contributed by atoms with Crippen LogP contribution in [0, 0.1) is 17.3 Å². The summed E-state index contributed by atoms with van der Waals surface area (Å²) in [6, 6.07) is 8.10. The summed E-state index contributed by atoms with van der Waals surface area (Å²) in [7, 11) is 3.54. The Morgan fingerprint density at radius 2 is 1.97 bits per heavy atom. The van der Waals surface area contributed by atoms with E-state index in [-0.39, 0.29) is 29.1 Å². The second kappa shape index (κ2) is 9.29. The molecule has 8 heteroatoms. The van der Waals surface area contributed by atoms with E-state index in [2.05, 4.69) is 30.4 Å². The van der Waals surface area contributed by atoms with E-state index in [1.165, 1.54) is 11.3 Å². The van der Waals surface area contributed by atoms with Gasteiger partial charge in [0, 0.05) is 54.8 Å². The normalized spacial score (nSPS) is 27.1. The first kappa shape index (κ1) is 24.9. The summed E-state index contributed by atoms with van der Waals surface area (Å²) in [6.45, 7) is 6.72. The molecule has 192 valence electrons. The van der Waals surface area contributed by atoms with E-state index >= 15 is 0 Å². The van der Waals surface area contributed by atoms with E-state index in [0.29, 0.717) is 25.3 Å². The number of thioether (sulfide) groups is 1. The molecule has 1 aromatic carbocycles. The van der Waals surface area contributed by atoms with Gasteiger partial charge in [0.2, 0.25) is 5.91 Å². The minimum atomic E-state index is -0.554. The molecule has 5 rings (SSSR count). The Balaban J connectivity index is 1.53.